The summed E-state index contributed by atoms with van der Waals surface area (Å²) in [5.74, 6) is -1.22. The van der Waals surface area contributed by atoms with Gasteiger partial charge in [-0.05, 0) is 43.5 Å². The average molecular weight is 378 g/mol. The van der Waals surface area contributed by atoms with Gasteiger partial charge in [-0.3, -0.25) is 4.79 Å². The van der Waals surface area contributed by atoms with Crippen molar-refractivity contribution in [2.45, 2.75) is 25.3 Å². The van der Waals surface area contributed by atoms with E-state index in [0.717, 1.165) is 23.0 Å². The Morgan fingerprint density at radius 1 is 1.22 bits per heavy atom. The van der Waals surface area contributed by atoms with Crippen LogP contribution in [0.2, 0.25) is 0 Å². The van der Waals surface area contributed by atoms with E-state index in [1.165, 1.54) is 11.1 Å². The van der Waals surface area contributed by atoms with Crippen LogP contribution in [-0.2, 0) is 4.79 Å². The number of amides is 1. The van der Waals surface area contributed by atoms with E-state index in [0.29, 0.717) is 18.5 Å². The van der Waals surface area contributed by atoms with E-state index in [9.17, 15) is 14.7 Å². The number of aromatic nitrogens is 2. The van der Waals surface area contributed by atoms with Gasteiger partial charge in [-0.1, -0.05) is 15.9 Å². The lowest BCUT2D eigenvalue weighted by molar-refractivity contribution is -0.143. The van der Waals surface area contributed by atoms with Crippen LogP contribution in [0.5, 0.6) is 0 Å². The molecule has 7 heteroatoms. The number of hydrogen-bond acceptors (Lipinski definition) is 3. The number of carbonyl (C=O) groups excluding carboxylic acids is 1. The zero-order valence-electron chi connectivity index (χ0n) is 12.4. The van der Waals surface area contributed by atoms with Crippen molar-refractivity contribution in [1.29, 1.82) is 0 Å². The van der Waals surface area contributed by atoms with Gasteiger partial charge >= 0.3 is 5.97 Å². The Morgan fingerprint density at radius 2 is 1.96 bits per heavy atom. The Morgan fingerprint density at radius 3 is 2.65 bits per heavy atom. The van der Waals surface area contributed by atoms with Crippen molar-refractivity contribution in [1.82, 2.24) is 14.7 Å². The number of halogens is 1. The van der Waals surface area contributed by atoms with Gasteiger partial charge in [0.2, 0.25) is 0 Å². The van der Waals surface area contributed by atoms with Crippen molar-refractivity contribution in [2.24, 2.45) is 0 Å². The average Bonchev–Trinajstić information content (AvgIpc) is 3.04. The maximum atomic E-state index is 12.6. The molecule has 2 heterocycles. The summed E-state index contributed by atoms with van der Waals surface area (Å²) < 4.78 is 2.57. The molecule has 0 saturated carbocycles. The maximum Gasteiger partial charge on any atom is 0.326 e. The van der Waals surface area contributed by atoms with Gasteiger partial charge in [-0.15, -0.1) is 0 Å². The lowest BCUT2D eigenvalue weighted by Gasteiger charge is -2.32. The Hall–Kier alpha value is -2.15. The summed E-state index contributed by atoms with van der Waals surface area (Å²) in [5, 5.41) is 13.5. The maximum absolute atomic E-state index is 12.6. The Labute approximate surface area is 141 Å². The Bertz CT molecular complexity index is 726. The van der Waals surface area contributed by atoms with Crippen molar-refractivity contribution in [2.75, 3.05) is 6.54 Å². The van der Waals surface area contributed by atoms with Crippen LogP contribution in [0.15, 0.2) is 41.1 Å². The molecular formula is C16H16BrN3O3. The highest BCUT2D eigenvalue weighted by atomic mass is 79.9. The first-order chi connectivity index (χ1) is 11.1. The highest BCUT2D eigenvalue weighted by molar-refractivity contribution is 9.10. The number of carboxylic acid groups (broad SMARTS) is 1. The Kier molecular flexibility index (Phi) is 4.47. The summed E-state index contributed by atoms with van der Waals surface area (Å²) >= 11 is 3.37. The SMILES string of the molecule is O=C(O)[C@H]1CCCCN1C(=O)c1cnn(-c2ccc(Br)cc2)c1. The summed E-state index contributed by atoms with van der Waals surface area (Å²) in [5.41, 5.74) is 1.24. The fourth-order valence-electron chi connectivity index (χ4n) is 2.77. The van der Waals surface area contributed by atoms with Crippen LogP contribution in [0.4, 0.5) is 0 Å². The summed E-state index contributed by atoms with van der Waals surface area (Å²) in [7, 11) is 0. The second kappa shape index (κ2) is 6.54. The molecule has 0 bridgehead atoms. The molecule has 3 rings (SSSR count). The second-order valence-electron chi connectivity index (χ2n) is 5.50. The van der Waals surface area contributed by atoms with Crippen LogP contribution in [-0.4, -0.2) is 44.3 Å². The molecule has 1 amide bonds. The number of nitrogens with zero attached hydrogens (tertiary/aromatic N) is 3. The van der Waals surface area contributed by atoms with E-state index in [1.54, 1.807) is 10.9 Å². The van der Waals surface area contributed by atoms with E-state index in [2.05, 4.69) is 21.0 Å². The van der Waals surface area contributed by atoms with E-state index in [1.807, 2.05) is 24.3 Å². The number of piperidine rings is 1. The smallest absolute Gasteiger partial charge is 0.326 e. The molecule has 23 heavy (non-hydrogen) atoms. The molecule has 120 valence electrons. The molecule has 1 atom stereocenters. The molecule has 0 spiro atoms. The predicted octanol–water partition coefficient (Wildman–Crippen LogP) is 2.71. The van der Waals surface area contributed by atoms with Crippen LogP contribution in [0, 0.1) is 0 Å². The molecule has 1 aromatic carbocycles. The molecule has 0 radical (unpaired) electrons. The highest BCUT2D eigenvalue weighted by Gasteiger charge is 2.32. The van der Waals surface area contributed by atoms with Crippen LogP contribution in [0.25, 0.3) is 5.69 Å². The van der Waals surface area contributed by atoms with Crippen LogP contribution in [0.3, 0.4) is 0 Å². The molecule has 1 aromatic heterocycles. The van der Waals surface area contributed by atoms with E-state index in [4.69, 9.17) is 0 Å². The molecule has 1 N–H and O–H groups in total. The number of benzene rings is 1. The number of rotatable bonds is 3. The van der Waals surface area contributed by atoms with E-state index in [-0.39, 0.29) is 5.91 Å². The monoisotopic (exact) mass is 377 g/mol. The first-order valence-electron chi connectivity index (χ1n) is 7.40. The fourth-order valence-corrected chi connectivity index (χ4v) is 3.03. The zero-order chi connectivity index (χ0) is 16.4. The zero-order valence-corrected chi connectivity index (χ0v) is 13.9. The molecule has 0 unspecified atom stereocenters. The molecule has 2 aromatic rings. The first kappa shape index (κ1) is 15.7. The van der Waals surface area contributed by atoms with Crippen molar-refractivity contribution < 1.29 is 14.7 Å². The number of hydrogen-bond donors (Lipinski definition) is 1. The number of likely N-dealkylation sites (tertiary alicyclic amines) is 1. The second-order valence-corrected chi connectivity index (χ2v) is 6.41. The van der Waals surface area contributed by atoms with Crippen molar-refractivity contribution in [3.05, 3.63) is 46.7 Å². The first-order valence-corrected chi connectivity index (χ1v) is 8.20. The van der Waals surface area contributed by atoms with Crippen molar-refractivity contribution >= 4 is 27.8 Å². The molecule has 0 aliphatic carbocycles. The number of carbonyl (C=O) groups is 2. The van der Waals surface area contributed by atoms with Crippen LogP contribution >= 0.6 is 15.9 Å². The van der Waals surface area contributed by atoms with Crippen LogP contribution in [0.1, 0.15) is 29.6 Å². The van der Waals surface area contributed by atoms with Crippen molar-refractivity contribution in [3.63, 3.8) is 0 Å². The molecule has 1 aliphatic rings. The predicted molar refractivity (Wildman–Crippen MR) is 87.6 cm³/mol. The van der Waals surface area contributed by atoms with Gasteiger partial charge in [0.15, 0.2) is 0 Å². The van der Waals surface area contributed by atoms with Gasteiger partial charge in [-0.25, -0.2) is 9.48 Å². The third-order valence-corrected chi connectivity index (χ3v) is 4.50. The number of aliphatic carboxylic acids is 1. The largest absolute Gasteiger partial charge is 0.480 e. The third-order valence-electron chi connectivity index (χ3n) is 3.97. The summed E-state index contributed by atoms with van der Waals surface area (Å²) in [6.45, 7) is 0.471. The minimum absolute atomic E-state index is 0.277. The molecular weight excluding hydrogens is 362 g/mol. The van der Waals surface area contributed by atoms with E-state index >= 15 is 0 Å². The lowest BCUT2D eigenvalue weighted by atomic mass is 10.0. The number of carboxylic acids is 1. The lowest BCUT2D eigenvalue weighted by Crippen LogP contribution is -2.47. The van der Waals surface area contributed by atoms with Gasteiger partial charge in [0.1, 0.15) is 6.04 Å². The molecule has 6 nitrogen and oxygen atoms in total. The van der Waals surface area contributed by atoms with Gasteiger partial charge in [0.25, 0.3) is 5.91 Å². The summed E-state index contributed by atoms with van der Waals surface area (Å²) in [6, 6.07) is 6.80. The topological polar surface area (TPSA) is 75.4 Å². The van der Waals surface area contributed by atoms with Gasteiger partial charge in [-0.2, -0.15) is 5.10 Å². The quantitative estimate of drug-likeness (QED) is 0.891. The fraction of sp³-hybridized carbons (Fsp3) is 0.312. The van der Waals surface area contributed by atoms with Crippen LogP contribution < -0.4 is 0 Å². The summed E-state index contributed by atoms with van der Waals surface area (Å²) in [4.78, 5) is 25.4. The minimum atomic E-state index is -0.946. The van der Waals surface area contributed by atoms with Crippen molar-refractivity contribution in [3.8, 4) is 5.69 Å². The van der Waals surface area contributed by atoms with Gasteiger partial charge < -0.3 is 10.0 Å². The summed E-state index contributed by atoms with van der Waals surface area (Å²) in [6.07, 6.45) is 5.29. The van der Waals surface area contributed by atoms with Gasteiger partial charge in [0.05, 0.1) is 17.4 Å². The molecule has 1 saturated heterocycles. The normalized spacial score (nSPS) is 18.0. The minimum Gasteiger partial charge on any atom is -0.480 e. The molecule has 1 aliphatic heterocycles. The Balaban J connectivity index is 1.83. The highest BCUT2D eigenvalue weighted by Crippen LogP contribution is 2.20. The standard InChI is InChI=1S/C16H16BrN3O3/c17-12-4-6-13(7-5-12)20-10-11(9-18-20)15(21)19-8-2-1-3-14(19)16(22)23/h4-7,9-10,14H,1-3,8H2,(H,22,23)/t14-/m1/s1. The third kappa shape index (κ3) is 3.29. The van der Waals surface area contributed by atoms with E-state index < -0.39 is 12.0 Å². The molecule has 1 fully saturated rings. The van der Waals surface area contributed by atoms with Gasteiger partial charge in [0, 0.05) is 17.2 Å².